The molecule has 4 nitrogen and oxygen atoms in total. The van der Waals surface area contributed by atoms with Crippen LogP contribution in [-0.2, 0) is 14.3 Å². The summed E-state index contributed by atoms with van der Waals surface area (Å²) in [6.07, 6.45) is 12.2. The van der Waals surface area contributed by atoms with E-state index >= 15 is 0 Å². The molecule has 1 unspecified atom stereocenters. The van der Waals surface area contributed by atoms with Crippen molar-refractivity contribution in [3.05, 3.63) is 0 Å². The van der Waals surface area contributed by atoms with E-state index in [4.69, 9.17) is 4.18 Å². The molecule has 0 bridgehead atoms. The Hall–Kier alpha value is 0.636. The van der Waals surface area contributed by atoms with Gasteiger partial charge in [-0.25, -0.2) is 0 Å². The van der Waals surface area contributed by atoms with Gasteiger partial charge in [0.25, 0.3) is 10.1 Å². The van der Waals surface area contributed by atoms with Crippen molar-refractivity contribution in [2.75, 3.05) is 6.61 Å². The second kappa shape index (κ2) is 15.5. The van der Waals surface area contributed by atoms with Gasteiger partial charge < -0.3 is 7.96 Å². The van der Waals surface area contributed by atoms with E-state index in [0.717, 1.165) is 19.3 Å². The fourth-order valence-corrected chi connectivity index (χ4v) is 2.96. The normalized spacial score (nSPS) is 12.9. The molecule has 0 spiro atoms. The fourth-order valence-electron chi connectivity index (χ4n) is 2.05. The first-order valence-corrected chi connectivity index (χ1v) is 9.58. The van der Waals surface area contributed by atoms with Crippen molar-refractivity contribution in [1.82, 2.24) is 0 Å². The number of unbranched alkanes of at least 4 members (excludes halogenated alkanes) is 9. The Morgan fingerprint density at radius 1 is 0.905 bits per heavy atom. The van der Waals surface area contributed by atoms with Crippen molar-refractivity contribution in [3.8, 4) is 0 Å². The van der Waals surface area contributed by atoms with Gasteiger partial charge >= 0.3 is 23.1 Å². The molecule has 1 atom stereocenters. The van der Waals surface area contributed by atoms with Crippen LogP contribution in [0.15, 0.2) is 0 Å². The van der Waals surface area contributed by atoms with Crippen LogP contribution in [0.2, 0.25) is 0 Å². The summed E-state index contributed by atoms with van der Waals surface area (Å²) in [6, 6.07) is 0. The van der Waals surface area contributed by atoms with E-state index in [1.165, 1.54) is 44.9 Å². The Morgan fingerprint density at radius 2 is 1.33 bits per heavy atom. The smallest absolute Gasteiger partial charge is 1.00 e. The molecule has 126 valence electrons. The molecule has 0 radical (unpaired) electrons. The predicted octanol–water partition coefficient (Wildman–Crippen LogP) is 3.83. The Morgan fingerprint density at radius 3 is 1.76 bits per heavy atom. The van der Waals surface area contributed by atoms with Gasteiger partial charge in [-0.05, 0) is 12.8 Å². The minimum atomic E-state index is -3.77. The first-order valence-electron chi connectivity index (χ1n) is 8.11. The maximum absolute atomic E-state index is 11.3. The van der Waals surface area contributed by atoms with Crippen molar-refractivity contribution in [3.63, 3.8) is 0 Å². The standard InChI is InChI=1S/C15H32O4S.Mg.2H/c1-3-5-6-7-8-9-10-11-12-13-14-19-20(17,18)15(16)4-2;;;/h15-16H,3-14H2,1-2H3;;;/q;+2;2*-1. The number of hydrogen-bond donors (Lipinski definition) is 1. The molecule has 1 N–H and O–H groups in total. The summed E-state index contributed by atoms with van der Waals surface area (Å²) in [5.41, 5.74) is -1.38. The topological polar surface area (TPSA) is 63.6 Å². The molecule has 0 aliphatic heterocycles. The van der Waals surface area contributed by atoms with Gasteiger partial charge in [0, 0.05) is 0 Å². The Kier molecular flexibility index (Phi) is 17.7. The van der Waals surface area contributed by atoms with Gasteiger partial charge in [0.1, 0.15) is 0 Å². The summed E-state index contributed by atoms with van der Waals surface area (Å²) in [5.74, 6) is 0. The number of hydrogen-bond acceptors (Lipinski definition) is 4. The van der Waals surface area contributed by atoms with Crippen molar-refractivity contribution in [2.24, 2.45) is 0 Å². The summed E-state index contributed by atoms with van der Waals surface area (Å²) >= 11 is 0. The molecule has 0 saturated heterocycles. The summed E-state index contributed by atoms with van der Waals surface area (Å²) in [6.45, 7) is 4.03. The molecule has 0 aromatic heterocycles. The SMILES string of the molecule is CCCCCCCCCCCCOS(=O)(=O)C(O)CC.[H-].[H-].[Mg+2]. The van der Waals surface area contributed by atoms with Gasteiger partial charge in [0.05, 0.1) is 6.61 Å². The van der Waals surface area contributed by atoms with Gasteiger partial charge in [0.15, 0.2) is 5.44 Å². The van der Waals surface area contributed by atoms with Crippen LogP contribution in [-0.4, -0.2) is 48.6 Å². The van der Waals surface area contributed by atoms with Crippen molar-refractivity contribution in [2.45, 2.75) is 89.9 Å². The van der Waals surface area contributed by atoms with E-state index < -0.39 is 15.6 Å². The molecular weight excluding hydrogens is 301 g/mol. The molecule has 0 fully saturated rings. The van der Waals surface area contributed by atoms with E-state index in [9.17, 15) is 13.5 Å². The van der Waals surface area contributed by atoms with Crippen LogP contribution in [0.3, 0.4) is 0 Å². The zero-order chi connectivity index (χ0) is 15.3. The van der Waals surface area contributed by atoms with Crippen molar-refractivity contribution >= 4 is 33.2 Å². The fraction of sp³-hybridized carbons (Fsp3) is 1.00. The molecule has 0 aromatic carbocycles. The van der Waals surface area contributed by atoms with Crippen LogP contribution in [0.25, 0.3) is 0 Å². The largest absolute Gasteiger partial charge is 2.00 e. The molecule has 0 aliphatic rings. The molecule has 0 aliphatic carbocycles. The quantitative estimate of drug-likeness (QED) is 0.298. The van der Waals surface area contributed by atoms with Crippen molar-refractivity contribution in [1.29, 1.82) is 0 Å². The Bertz CT molecular complexity index is 317. The second-order valence-corrected chi connectivity index (χ2v) is 7.13. The van der Waals surface area contributed by atoms with E-state index in [2.05, 4.69) is 6.92 Å². The third kappa shape index (κ3) is 14.0. The van der Waals surface area contributed by atoms with E-state index in [1.807, 2.05) is 0 Å². The monoisotopic (exact) mass is 334 g/mol. The van der Waals surface area contributed by atoms with Crippen LogP contribution in [0.5, 0.6) is 0 Å². The molecule has 0 rings (SSSR count). The molecule has 6 heteroatoms. The van der Waals surface area contributed by atoms with Crippen LogP contribution < -0.4 is 0 Å². The second-order valence-electron chi connectivity index (χ2n) is 5.36. The average molecular weight is 335 g/mol. The van der Waals surface area contributed by atoms with Gasteiger partial charge in [-0.2, -0.15) is 8.42 Å². The molecule has 0 aromatic rings. The Labute approximate surface area is 150 Å². The first-order chi connectivity index (χ1) is 9.54. The minimum absolute atomic E-state index is 0. The van der Waals surface area contributed by atoms with Crippen LogP contribution in [0.1, 0.15) is 87.3 Å². The predicted molar refractivity (Wildman–Crippen MR) is 91.0 cm³/mol. The average Bonchev–Trinajstić information content (AvgIpc) is 2.43. The third-order valence-corrected chi connectivity index (χ3v) is 4.92. The zero-order valence-electron chi connectivity index (χ0n) is 15.8. The van der Waals surface area contributed by atoms with Crippen LogP contribution in [0, 0.1) is 0 Å². The minimum Gasteiger partial charge on any atom is -1.00 e. The van der Waals surface area contributed by atoms with Gasteiger partial charge in [-0.1, -0.05) is 71.6 Å². The van der Waals surface area contributed by atoms with E-state index in [0.29, 0.717) is 0 Å². The number of aliphatic hydroxyl groups is 1. The van der Waals surface area contributed by atoms with E-state index in [-0.39, 0.29) is 38.9 Å². The number of rotatable bonds is 14. The van der Waals surface area contributed by atoms with E-state index in [1.54, 1.807) is 6.92 Å². The maximum Gasteiger partial charge on any atom is 2.00 e. The maximum atomic E-state index is 11.3. The Balaban J connectivity index is -0.000000602. The summed E-state index contributed by atoms with van der Waals surface area (Å²) in [7, 11) is -3.77. The molecule has 0 amide bonds. The molecule has 21 heavy (non-hydrogen) atoms. The first kappa shape index (κ1) is 23.9. The molecule has 0 heterocycles. The van der Waals surface area contributed by atoms with Crippen LogP contribution in [0.4, 0.5) is 0 Å². The summed E-state index contributed by atoms with van der Waals surface area (Å²) in [4.78, 5) is 0. The summed E-state index contributed by atoms with van der Waals surface area (Å²) in [5, 5.41) is 9.23. The van der Waals surface area contributed by atoms with Crippen LogP contribution >= 0.6 is 0 Å². The number of aliphatic hydroxyl groups excluding tert-OH is 1. The third-order valence-electron chi connectivity index (χ3n) is 3.43. The molecule has 0 saturated carbocycles. The zero-order valence-corrected chi connectivity index (χ0v) is 16.1. The summed E-state index contributed by atoms with van der Waals surface area (Å²) < 4.78 is 27.5. The van der Waals surface area contributed by atoms with Gasteiger partial charge in [0.2, 0.25) is 0 Å². The molecular formula is C15H34MgO4S. The van der Waals surface area contributed by atoms with Gasteiger partial charge in [-0.15, -0.1) is 0 Å². The van der Waals surface area contributed by atoms with Crippen molar-refractivity contribution < 1.29 is 20.6 Å². The van der Waals surface area contributed by atoms with Gasteiger partial charge in [-0.3, -0.25) is 4.18 Å².